The molecule has 1 aliphatic heterocycles. The molecule has 0 saturated carbocycles. The van der Waals surface area contributed by atoms with Crippen molar-refractivity contribution in [3.05, 3.63) is 88.5 Å². The molecule has 0 atom stereocenters. The molecule has 1 saturated heterocycles. The van der Waals surface area contributed by atoms with E-state index < -0.39 is 0 Å². The van der Waals surface area contributed by atoms with E-state index in [2.05, 4.69) is 15.4 Å². The maximum atomic E-state index is 14.2. The fourth-order valence-corrected chi connectivity index (χ4v) is 3.93. The Morgan fingerprint density at radius 2 is 1.84 bits per heavy atom. The third-order valence-corrected chi connectivity index (χ3v) is 5.66. The predicted octanol–water partition coefficient (Wildman–Crippen LogP) is 3.83. The van der Waals surface area contributed by atoms with Crippen LogP contribution >= 0.6 is 0 Å². The molecule has 1 aromatic heterocycles. The Hall–Kier alpha value is -3.29. The van der Waals surface area contributed by atoms with E-state index in [1.807, 2.05) is 48.7 Å². The van der Waals surface area contributed by atoms with Crippen LogP contribution in [0.15, 0.2) is 59.7 Å². The molecular formula is C25H27FN4O2. The number of nitrogens with one attached hydrogen (secondary N) is 1. The van der Waals surface area contributed by atoms with Crippen LogP contribution in [0.1, 0.15) is 32.9 Å². The molecule has 1 fully saturated rings. The van der Waals surface area contributed by atoms with Crippen molar-refractivity contribution in [1.82, 2.24) is 14.9 Å². The second kappa shape index (κ2) is 9.89. The maximum absolute atomic E-state index is 14.2. The summed E-state index contributed by atoms with van der Waals surface area (Å²) in [6.07, 6.45) is 1.59. The molecule has 0 spiro atoms. The number of morpholine rings is 1. The number of para-hydroxylation sites is 1. The quantitative estimate of drug-likeness (QED) is 0.474. The van der Waals surface area contributed by atoms with E-state index >= 15 is 0 Å². The number of amides is 1. The molecule has 0 bridgehead atoms. The van der Waals surface area contributed by atoms with Crippen LogP contribution in [0.4, 0.5) is 4.39 Å². The van der Waals surface area contributed by atoms with Crippen molar-refractivity contribution in [2.24, 2.45) is 5.10 Å². The molecule has 4 rings (SSSR count). The van der Waals surface area contributed by atoms with E-state index in [1.165, 1.54) is 6.07 Å². The van der Waals surface area contributed by atoms with Gasteiger partial charge in [-0.05, 0) is 49.7 Å². The van der Waals surface area contributed by atoms with Crippen LogP contribution < -0.4 is 5.43 Å². The molecular weight excluding hydrogens is 407 g/mol. The van der Waals surface area contributed by atoms with Gasteiger partial charge in [-0.15, -0.1) is 0 Å². The molecule has 3 aromatic rings. The number of nitrogens with zero attached hydrogens (tertiary/aromatic N) is 3. The Morgan fingerprint density at radius 1 is 1.12 bits per heavy atom. The first-order chi connectivity index (χ1) is 15.5. The van der Waals surface area contributed by atoms with Crippen molar-refractivity contribution in [2.75, 3.05) is 26.3 Å². The van der Waals surface area contributed by atoms with Crippen LogP contribution in [0.2, 0.25) is 0 Å². The Morgan fingerprint density at radius 3 is 2.56 bits per heavy atom. The van der Waals surface area contributed by atoms with Gasteiger partial charge in [-0.3, -0.25) is 9.69 Å². The molecule has 1 N–H and O–H groups in total. The molecule has 1 amide bonds. The standard InChI is InChI=1S/C25H27FN4O2/c1-18-15-22(19(2)30(18)24-6-4-3-5-23(24)26)16-27-28-25(31)21-9-7-20(8-10-21)17-29-11-13-32-14-12-29/h3-10,15-16H,11-14,17H2,1-2H3,(H,28,31)/b27-16+. The number of aryl methyl sites for hydroxylation is 1. The normalized spacial score (nSPS) is 14.7. The highest BCUT2D eigenvalue weighted by atomic mass is 19.1. The third kappa shape index (κ3) is 4.95. The first kappa shape index (κ1) is 21.9. The van der Waals surface area contributed by atoms with Gasteiger partial charge in [0.15, 0.2) is 0 Å². The summed E-state index contributed by atoms with van der Waals surface area (Å²) in [5, 5.41) is 4.11. The van der Waals surface area contributed by atoms with E-state index in [1.54, 1.807) is 24.4 Å². The molecule has 0 unspecified atom stereocenters. The zero-order valence-electron chi connectivity index (χ0n) is 18.3. The minimum atomic E-state index is -0.289. The molecule has 2 heterocycles. The number of benzene rings is 2. The zero-order valence-corrected chi connectivity index (χ0v) is 18.3. The first-order valence-corrected chi connectivity index (χ1v) is 10.7. The lowest BCUT2D eigenvalue weighted by molar-refractivity contribution is 0.0342. The van der Waals surface area contributed by atoms with Gasteiger partial charge >= 0.3 is 0 Å². The van der Waals surface area contributed by atoms with Gasteiger partial charge in [-0.2, -0.15) is 5.10 Å². The minimum Gasteiger partial charge on any atom is -0.379 e. The van der Waals surface area contributed by atoms with Crippen molar-refractivity contribution >= 4 is 12.1 Å². The number of rotatable bonds is 6. The zero-order chi connectivity index (χ0) is 22.5. The maximum Gasteiger partial charge on any atom is 0.271 e. The lowest BCUT2D eigenvalue weighted by Gasteiger charge is -2.26. The molecule has 0 radical (unpaired) electrons. The van der Waals surface area contributed by atoms with E-state index in [9.17, 15) is 9.18 Å². The van der Waals surface area contributed by atoms with Gasteiger partial charge in [-0.25, -0.2) is 9.82 Å². The van der Waals surface area contributed by atoms with Crippen molar-refractivity contribution in [3.8, 4) is 5.69 Å². The summed E-state index contributed by atoms with van der Waals surface area (Å²) in [6.45, 7) is 8.04. The van der Waals surface area contributed by atoms with Gasteiger partial charge in [0.1, 0.15) is 5.82 Å². The summed E-state index contributed by atoms with van der Waals surface area (Å²) in [5.41, 5.74) is 7.31. The van der Waals surface area contributed by atoms with Crippen LogP contribution in [0.25, 0.3) is 5.69 Å². The number of halogens is 1. The largest absolute Gasteiger partial charge is 0.379 e. The van der Waals surface area contributed by atoms with E-state index in [0.717, 1.165) is 55.4 Å². The number of ether oxygens (including phenoxy) is 1. The highest BCUT2D eigenvalue weighted by Gasteiger charge is 2.13. The third-order valence-electron chi connectivity index (χ3n) is 5.66. The van der Waals surface area contributed by atoms with Crippen LogP contribution in [0.3, 0.4) is 0 Å². The first-order valence-electron chi connectivity index (χ1n) is 10.7. The van der Waals surface area contributed by atoms with Gasteiger partial charge in [0.2, 0.25) is 0 Å². The molecule has 0 aliphatic carbocycles. The lowest BCUT2D eigenvalue weighted by Crippen LogP contribution is -2.35. The number of hydrazone groups is 1. The number of aromatic nitrogens is 1. The van der Waals surface area contributed by atoms with E-state index in [0.29, 0.717) is 11.3 Å². The van der Waals surface area contributed by atoms with Crippen molar-refractivity contribution in [1.29, 1.82) is 0 Å². The molecule has 7 heteroatoms. The second-order valence-electron chi connectivity index (χ2n) is 7.90. The van der Waals surface area contributed by atoms with Crippen LogP contribution in [0, 0.1) is 19.7 Å². The second-order valence-corrected chi connectivity index (χ2v) is 7.90. The Labute approximate surface area is 187 Å². The predicted molar refractivity (Wildman–Crippen MR) is 123 cm³/mol. The van der Waals surface area contributed by atoms with Crippen molar-refractivity contribution in [3.63, 3.8) is 0 Å². The topological polar surface area (TPSA) is 58.9 Å². The average Bonchev–Trinajstić information content (AvgIpc) is 3.08. The molecule has 1 aliphatic rings. The van der Waals surface area contributed by atoms with Crippen LogP contribution in [-0.2, 0) is 11.3 Å². The number of hydrogen-bond donors (Lipinski definition) is 1. The van der Waals surface area contributed by atoms with Crippen LogP contribution in [-0.4, -0.2) is 47.9 Å². The summed E-state index contributed by atoms with van der Waals surface area (Å²) >= 11 is 0. The molecule has 166 valence electrons. The Kier molecular flexibility index (Phi) is 6.78. The SMILES string of the molecule is Cc1cc(/C=N/NC(=O)c2ccc(CN3CCOCC3)cc2)c(C)n1-c1ccccc1F. The fourth-order valence-electron chi connectivity index (χ4n) is 3.93. The Bertz CT molecular complexity index is 1120. The van der Waals surface area contributed by atoms with Gasteiger partial charge in [-0.1, -0.05) is 24.3 Å². The lowest BCUT2D eigenvalue weighted by atomic mass is 10.1. The average molecular weight is 435 g/mol. The highest BCUT2D eigenvalue weighted by Crippen LogP contribution is 2.21. The summed E-state index contributed by atoms with van der Waals surface area (Å²) in [7, 11) is 0. The number of carbonyl (C=O) groups is 1. The van der Waals surface area contributed by atoms with E-state index in [-0.39, 0.29) is 11.7 Å². The molecule has 32 heavy (non-hydrogen) atoms. The number of carbonyl (C=O) groups excluding carboxylic acids is 1. The summed E-state index contributed by atoms with van der Waals surface area (Å²) in [4.78, 5) is 14.8. The van der Waals surface area contributed by atoms with Gasteiger partial charge in [0.25, 0.3) is 5.91 Å². The highest BCUT2D eigenvalue weighted by molar-refractivity contribution is 5.95. The summed E-state index contributed by atoms with van der Waals surface area (Å²) in [5.74, 6) is -0.565. The fraction of sp³-hybridized carbons (Fsp3) is 0.280. The number of hydrogen-bond acceptors (Lipinski definition) is 4. The minimum absolute atomic E-state index is 0.276. The van der Waals surface area contributed by atoms with Gasteiger partial charge in [0, 0.05) is 42.1 Å². The van der Waals surface area contributed by atoms with Crippen molar-refractivity contribution < 1.29 is 13.9 Å². The van der Waals surface area contributed by atoms with Crippen LogP contribution in [0.5, 0.6) is 0 Å². The van der Waals surface area contributed by atoms with Crippen molar-refractivity contribution in [2.45, 2.75) is 20.4 Å². The summed E-state index contributed by atoms with van der Waals surface area (Å²) < 4.78 is 21.4. The monoisotopic (exact) mass is 434 g/mol. The smallest absolute Gasteiger partial charge is 0.271 e. The molecule has 2 aromatic carbocycles. The summed E-state index contributed by atoms with van der Waals surface area (Å²) in [6, 6.07) is 16.1. The van der Waals surface area contributed by atoms with Gasteiger partial charge in [0.05, 0.1) is 25.1 Å². The molecule has 6 nitrogen and oxygen atoms in total. The Balaban J connectivity index is 1.39. The van der Waals surface area contributed by atoms with E-state index in [4.69, 9.17) is 4.74 Å². The van der Waals surface area contributed by atoms with Gasteiger partial charge < -0.3 is 9.30 Å².